The molecule has 0 saturated heterocycles. The van der Waals surface area contributed by atoms with Crippen molar-refractivity contribution in [1.29, 1.82) is 0 Å². The van der Waals surface area contributed by atoms with Gasteiger partial charge in [0.2, 0.25) is 5.95 Å². The van der Waals surface area contributed by atoms with Gasteiger partial charge in [-0.15, -0.1) is 22.7 Å². The zero-order valence-corrected chi connectivity index (χ0v) is 22.6. The maximum Gasteiger partial charge on any atom is 0.228 e. The largest absolute Gasteiger partial charge is 0.315 e. The quantitative estimate of drug-likeness (QED) is 0.243. The Morgan fingerprint density at radius 2 is 1.49 bits per heavy atom. The summed E-state index contributed by atoms with van der Waals surface area (Å²) in [7, 11) is 1.90. The second-order valence-corrected chi connectivity index (χ2v) is 11.3. The van der Waals surface area contributed by atoms with Gasteiger partial charge in [-0.05, 0) is 38.2 Å². The van der Waals surface area contributed by atoms with Gasteiger partial charge in [-0.1, -0.05) is 0 Å². The van der Waals surface area contributed by atoms with Gasteiger partial charge >= 0.3 is 0 Å². The lowest BCUT2D eigenvalue weighted by molar-refractivity contribution is 0.771. The van der Waals surface area contributed by atoms with Crippen LogP contribution < -0.4 is 10.6 Å². The molecule has 0 spiro atoms. The van der Waals surface area contributed by atoms with Gasteiger partial charge in [0.05, 0.1) is 23.8 Å². The normalized spacial score (nSPS) is 13.3. The number of thiazole rings is 2. The zero-order chi connectivity index (χ0) is 26.2. The number of nitrogens with zero attached hydrogens (tertiary/aromatic N) is 8. The fraction of sp³-hybridized carbons (Fsp3) is 0.240. The van der Waals surface area contributed by atoms with Crippen LogP contribution in [0, 0.1) is 0 Å². The van der Waals surface area contributed by atoms with Crippen molar-refractivity contribution in [3.8, 4) is 22.5 Å². The molecule has 0 atom stereocenters. The standard InChI is InChI=1S/C13H14N6S.C12H10N6S/c1-19-6-5-11(18-19)15-13-16-12-8-7-14-17-9(8)3-2-4-10(12)20-13;1-4-13-11(14-5-1)17-12-16-10-7-6-15-18-8(7)2-3-9(10)19-12/h5-7H,2-4H2,1H3,(H,14,17)(H,15,16,18);1,4-6H,2-3H2,(H,15,18)(H,13,14,16,17). The van der Waals surface area contributed by atoms with E-state index < -0.39 is 0 Å². The highest BCUT2D eigenvalue weighted by Gasteiger charge is 2.23. The van der Waals surface area contributed by atoms with E-state index in [-0.39, 0.29) is 0 Å². The monoisotopic (exact) mass is 556 g/mol. The highest BCUT2D eigenvalue weighted by molar-refractivity contribution is 7.16. The fourth-order valence-electron chi connectivity index (χ4n) is 4.70. The fourth-order valence-corrected chi connectivity index (χ4v) is 6.69. The molecule has 0 unspecified atom stereocenters. The Kier molecular flexibility index (Phi) is 6.09. The van der Waals surface area contributed by atoms with E-state index in [1.165, 1.54) is 21.1 Å². The molecule has 14 heteroatoms. The van der Waals surface area contributed by atoms with Crippen molar-refractivity contribution in [1.82, 2.24) is 50.1 Å². The van der Waals surface area contributed by atoms with Crippen LogP contribution in [0.3, 0.4) is 0 Å². The number of aromatic amines is 2. The Bertz CT molecular complexity index is 1720. The summed E-state index contributed by atoms with van der Waals surface area (Å²) in [4.78, 5) is 20.2. The topological polar surface area (TPSA) is 151 Å². The van der Waals surface area contributed by atoms with E-state index in [1.807, 2.05) is 31.7 Å². The molecule has 0 fully saturated rings. The van der Waals surface area contributed by atoms with Gasteiger partial charge in [0, 0.05) is 64.0 Å². The third-order valence-electron chi connectivity index (χ3n) is 6.51. The Labute approximate surface area is 231 Å². The molecule has 0 radical (unpaired) electrons. The van der Waals surface area contributed by atoms with Gasteiger partial charge in [0.1, 0.15) is 0 Å². The van der Waals surface area contributed by atoms with Gasteiger partial charge in [-0.3, -0.25) is 14.9 Å². The summed E-state index contributed by atoms with van der Waals surface area (Å²) in [6.07, 6.45) is 14.3. The molecule has 0 bridgehead atoms. The van der Waals surface area contributed by atoms with Gasteiger partial charge in [-0.25, -0.2) is 19.9 Å². The molecule has 4 N–H and O–H groups in total. The molecule has 0 saturated carbocycles. The predicted molar refractivity (Wildman–Crippen MR) is 151 cm³/mol. The minimum absolute atomic E-state index is 0.570. The smallest absolute Gasteiger partial charge is 0.228 e. The number of hydrogen-bond donors (Lipinski definition) is 4. The van der Waals surface area contributed by atoms with Crippen molar-refractivity contribution in [2.24, 2.45) is 7.05 Å². The molecular formula is C25H24N12S2. The van der Waals surface area contributed by atoms with Crippen LogP contribution in [0.1, 0.15) is 27.6 Å². The molecule has 0 aromatic carbocycles. The number of aromatic nitrogens is 10. The first kappa shape index (κ1) is 23.7. The van der Waals surface area contributed by atoms with Gasteiger partial charge in [-0.2, -0.15) is 15.3 Å². The number of H-pyrrole nitrogens is 2. The Morgan fingerprint density at radius 3 is 2.18 bits per heavy atom. The average molecular weight is 557 g/mol. The lowest BCUT2D eigenvalue weighted by Gasteiger charge is -2.08. The first-order valence-corrected chi connectivity index (χ1v) is 14.2. The van der Waals surface area contributed by atoms with E-state index in [0.717, 1.165) is 70.7 Å². The van der Waals surface area contributed by atoms with Crippen LogP contribution in [-0.2, 0) is 32.7 Å². The Balaban J connectivity index is 0.000000130. The van der Waals surface area contributed by atoms with E-state index in [1.54, 1.807) is 45.8 Å². The summed E-state index contributed by atoms with van der Waals surface area (Å²) < 4.78 is 1.77. The Morgan fingerprint density at radius 1 is 0.821 bits per heavy atom. The molecule has 6 aromatic rings. The number of hydrogen-bond acceptors (Lipinski definition) is 11. The van der Waals surface area contributed by atoms with Crippen LogP contribution in [0.4, 0.5) is 22.0 Å². The van der Waals surface area contributed by atoms with Crippen molar-refractivity contribution < 1.29 is 0 Å². The van der Waals surface area contributed by atoms with Crippen LogP contribution in [0.2, 0.25) is 0 Å². The molecule has 0 aliphatic heterocycles. The van der Waals surface area contributed by atoms with Crippen LogP contribution in [0.5, 0.6) is 0 Å². The zero-order valence-electron chi connectivity index (χ0n) is 21.0. The molecule has 12 nitrogen and oxygen atoms in total. The maximum absolute atomic E-state index is 4.73. The molecule has 2 aliphatic carbocycles. The summed E-state index contributed by atoms with van der Waals surface area (Å²) in [6.45, 7) is 0. The van der Waals surface area contributed by atoms with Crippen molar-refractivity contribution in [3.05, 3.63) is 64.3 Å². The number of fused-ring (bicyclic) bond motifs is 6. The minimum Gasteiger partial charge on any atom is -0.315 e. The molecule has 2 aliphatic rings. The molecule has 6 aromatic heterocycles. The van der Waals surface area contributed by atoms with E-state index in [0.29, 0.717) is 5.95 Å². The highest BCUT2D eigenvalue weighted by atomic mass is 32.1. The highest BCUT2D eigenvalue weighted by Crippen LogP contribution is 2.38. The van der Waals surface area contributed by atoms with Gasteiger partial charge < -0.3 is 10.6 Å². The van der Waals surface area contributed by atoms with Gasteiger partial charge in [0.25, 0.3) is 0 Å². The van der Waals surface area contributed by atoms with E-state index in [9.17, 15) is 0 Å². The number of anilines is 4. The lowest BCUT2D eigenvalue weighted by atomic mass is 10.0. The summed E-state index contributed by atoms with van der Waals surface area (Å²) in [5, 5.41) is 26.8. The summed E-state index contributed by atoms with van der Waals surface area (Å²) >= 11 is 3.36. The van der Waals surface area contributed by atoms with Crippen LogP contribution in [0.25, 0.3) is 22.5 Å². The maximum atomic E-state index is 4.73. The van der Waals surface area contributed by atoms with E-state index >= 15 is 0 Å². The van der Waals surface area contributed by atoms with Crippen molar-refractivity contribution in [2.75, 3.05) is 10.6 Å². The second-order valence-electron chi connectivity index (χ2n) is 9.16. The average Bonchev–Trinajstić information content (AvgIpc) is 3.76. The Hall–Kier alpha value is -4.43. The lowest BCUT2D eigenvalue weighted by Crippen LogP contribution is -2.00. The molecule has 0 amide bonds. The van der Waals surface area contributed by atoms with Crippen LogP contribution in [0.15, 0.2) is 43.1 Å². The van der Waals surface area contributed by atoms with Crippen LogP contribution in [-0.4, -0.2) is 50.1 Å². The predicted octanol–water partition coefficient (Wildman–Crippen LogP) is 4.66. The first-order chi connectivity index (χ1) is 19.2. The second kappa shape index (κ2) is 10.0. The van der Waals surface area contributed by atoms with Gasteiger partial charge in [0.15, 0.2) is 16.1 Å². The molecule has 196 valence electrons. The SMILES string of the molecule is Cn1ccc(Nc2nc3c(s2)CCCc2[nH]ncc2-3)n1.c1cnc(Nc2nc3c(s2)CCc2[nH]ncc2-3)nc1. The minimum atomic E-state index is 0.570. The van der Waals surface area contributed by atoms with E-state index in [2.05, 4.69) is 51.1 Å². The van der Waals surface area contributed by atoms with Crippen LogP contribution >= 0.6 is 22.7 Å². The van der Waals surface area contributed by atoms with Crippen molar-refractivity contribution >= 4 is 44.7 Å². The third kappa shape index (κ3) is 4.79. The van der Waals surface area contributed by atoms with Crippen molar-refractivity contribution in [2.45, 2.75) is 32.1 Å². The molecule has 39 heavy (non-hydrogen) atoms. The molecular weight excluding hydrogens is 532 g/mol. The van der Waals surface area contributed by atoms with Crippen molar-refractivity contribution in [3.63, 3.8) is 0 Å². The summed E-state index contributed by atoms with van der Waals surface area (Å²) in [6, 6.07) is 3.73. The first-order valence-electron chi connectivity index (χ1n) is 12.5. The van der Waals surface area contributed by atoms with E-state index in [4.69, 9.17) is 4.98 Å². The molecule has 6 heterocycles. The number of rotatable bonds is 4. The third-order valence-corrected chi connectivity index (χ3v) is 8.57. The number of nitrogens with one attached hydrogen (secondary N) is 4. The molecule has 8 rings (SSSR count). The number of aryl methyl sites for hydroxylation is 5. The summed E-state index contributed by atoms with van der Waals surface area (Å²) in [5.74, 6) is 1.39. The summed E-state index contributed by atoms with van der Waals surface area (Å²) in [5.41, 5.74) is 6.70.